The molecule has 0 saturated heterocycles. The first kappa shape index (κ1) is 27.6. The lowest BCUT2D eigenvalue weighted by Gasteiger charge is -2.16. The zero-order valence-corrected chi connectivity index (χ0v) is 21.3. The highest BCUT2D eigenvalue weighted by Crippen LogP contribution is 2.40. The van der Waals surface area contributed by atoms with E-state index in [1.165, 1.54) is 23.9 Å². The van der Waals surface area contributed by atoms with E-state index in [1.54, 1.807) is 18.2 Å². The van der Waals surface area contributed by atoms with Crippen LogP contribution in [0.4, 0.5) is 29.3 Å². The number of nitrogens with zero attached hydrogens (tertiary/aromatic N) is 3. The molecule has 1 fully saturated rings. The van der Waals surface area contributed by atoms with Crippen molar-refractivity contribution in [3.05, 3.63) is 75.5 Å². The summed E-state index contributed by atoms with van der Waals surface area (Å²) in [6.07, 6.45) is -1.35. The first-order chi connectivity index (χ1) is 19.4. The Morgan fingerprint density at radius 1 is 1.12 bits per heavy atom. The molecule has 212 valence electrons. The fourth-order valence-corrected chi connectivity index (χ4v) is 4.44. The SMILES string of the molecule is COc1ccc(Cc2cnc(N)nc2N)cc1-c1cc2c(cc1F)c(=O)c(C(=O)OC(=O)C(F)(F)F)cn2C1CC1. The van der Waals surface area contributed by atoms with Gasteiger partial charge >= 0.3 is 18.1 Å². The smallest absolute Gasteiger partial charge is 0.491 e. The van der Waals surface area contributed by atoms with Crippen molar-refractivity contribution < 1.29 is 36.6 Å². The molecular weight excluding hydrogens is 550 g/mol. The molecular formula is C27H21F4N5O5. The molecule has 41 heavy (non-hydrogen) atoms. The summed E-state index contributed by atoms with van der Waals surface area (Å²) in [5.41, 5.74) is 11.5. The maximum absolute atomic E-state index is 15.6. The normalized spacial score (nSPS) is 13.3. The highest BCUT2D eigenvalue weighted by atomic mass is 19.4. The maximum Gasteiger partial charge on any atom is 0.491 e. The lowest BCUT2D eigenvalue weighted by molar-refractivity contribution is -0.193. The van der Waals surface area contributed by atoms with Crippen molar-refractivity contribution in [2.75, 3.05) is 18.6 Å². The topological polar surface area (TPSA) is 152 Å². The molecule has 0 amide bonds. The monoisotopic (exact) mass is 571 g/mol. The molecule has 14 heteroatoms. The van der Waals surface area contributed by atoms with E-state index in [4.69, 9.17) is 16.2 Å². The number of nitrogen functional groups attached to an aromatic ring is 2. The quantitative estimate of drug-likeness (QED) is 0.199. The standard InChI is InChI=1S/C27H21F4N5O5/c1-40-21-5-2-12(6-13-10-34-26(33)35-23(13)32)7-16(21)15-9-20-17(8-19(15)28)22(37)18(11-36(20)14-3-4-14)24(38)41-25(39)27(29,30)31/h2,5,7-11,14H,3-4,6H2,1H3,(H4,32,33,34,35). The summed E-state index contributed by atoms with van der Waals surface area (Å²) in [5.74, 6) is -4.88. The van der Waals surface area contributed by atoms with Crippen molar-refractivity contribution in [3.63, 3.8) is 0 Å². The zero-order chi connectivity index (χ0) is 29.6. The van der Waals surface area contributed by atoms with E-state index in [0.717, 1.165) is 12.3 Å². The van der Waals surface area contributed by atoms with Crippen LogP contribution in [-0.4, -0.2) is 39.8 Å². The number of hydrogen-bond acceptors (Lipinski definition) is 9. The van der Waals surface area contributed by atoms with Gasteiger partial charge in [-0.1, -0.05) is 6.07 Å². The van der Waals surface area contributed by atoms with Gasteiger partial charge in [0.2, 0.25) is 11.4 Å². The first-order valence-corrected chi connectivity index (χ1v) is 12.1. The van der Waals surface area contributed by atoms with Crippen molar-refractivity contribution in [1.82, 2.24) is 14.5 Å². The number of carbonyl (C=O) groups is 2. The molecule has 10 nitrogen and oxygen atoms in total. The summed E-state index contributed by atoms with van der Waals surface area (Å²) >= 11 is 0. The number of halogens is 4. The van der Waals surface area contributed by atoms with E-state index in [9.17, 15) is 27.6 Å². The number of rotatable bonds is 6. The second-order valence-electron chi connectivity index (χ2n) is 9.38. The zero-order valence-electron chi connectivity index (χ0n) is 21.3. The molecule has 0 unspecified atom stereocenters. The van der Waals surface area contributed by atoms with Crippen LogP contribution in [0.1, 0.15) is 40.4 Å². The summed E-state index contributed by atoms with van der Waals surface area (Å²) in [7, 11) is 1.41. The summed E-state index contributed by atoms with van der Waals surface area (Å²) in [6, 6.07) is 7.15. The third kappa shape index (κ3) is 5.40. The lowest BCUT2D eigenvalue weighted by Crippen LogP contribution is -2.30. The van der Waals surface area contributed by atoms with Gasteiger partial charge < -0.3 is 25.5 Å². The van der Waals surface area contributed by atoms with Crippen LogP contribution in [0.15, 0.2) is 47.5 Å². The number of esters is 2. The van der Waals surface area contributed by atoms with Gasteiger partial charge in [0.1, 0.15) is 22.9 Å². The third-order valence-electron chi connectivity index (χ3n) is 6.56. The Labute approximate surface area is 228 Å². The van der Waals surface area contributed by atoms with Crippen molar-refractivity contribution in [2.24, 2.45) is 0 Å². The van der Waals surface area contributed by atoms with E-state index in [0.29, 0.717) is 35.3 Å². The number of hydrogen-bond donors (Lipinski definition) is 2. The summed E-state index contributed by atoms with van der Waals surface area (Å²) in [6.45, 7) is 0. The molecule has 0 bridgehead atoms. The van der Waals surface area contributed by atoms with Gasteiger partial charge in [0.25, 0.3) is 0 Å². The summed E-state index contributed by atoms with van der Waals surface area (Å²) in [5, 5.41) is -0.269. The van der Waals surface area contributed by atoms with Crippen LogP contribution in [0.25, 0.3) is 22.0 Å². The minimum atomic E-state index is -5.44. The Bertz CT molecular complexity index is 1780. The molecule has 5 rings (SSSR count). The number of methoxy groups -OCH3 is 1. The van der Waals surface area contributed by atoms with Gasteiger partial charge in [-0.3, -0.25) is 4.79 Å². The largest absolute Gasteiger partial charge is 0.496 e. The first-order valence-electron chi connectivity index (χ1n) is 12.1. The van der Waals surface area contributed by atoms with Gasteiger partial charge in [0.15, 0.2) is 0 Å². The Morgan fingerprint density at radius 3 is 2.49 bits per heavy atom. The van der Waals surface area contributed by atoms with Crippen LogP contribution in [0.2, 0.25) is 0 Å². The minimum Gasteiger partial charge on any atom is -0.496 e. The number of pyridine rings is 1. The fourth-order valence-electron chi connectivity index (χ4n) is 4.44. The van der Waals surface area contributed by atoms with E-state index in [2.05, 4.69) is 14.7 Å². The summed E-state index contributed by atoms with van der Waals surface area (Å²) in [4.78, 5) is 44.5. The number of ether oxygens (including phenoxy) is 2. The molecule has 0 radical (unpaired) electrons. The lowest BCUT2D eigenvalue weighted by atomic mass is 9.97. The van der Waals surface area contributed by atoms with Crippen molar-refractivity contribution >= 4 is 34.6 Å². The van der Waals surface area contributed by atoms with Gasteiger partial charge in [-0.15, -0.1) is 0 Å². The fraction of sp³-hybridized carbons (Fsp3) is 0.222. The molecule has 2 aromatic heterocycles. The van der Waals surface area contributed by atoms with Gasteiger partial charge in [-0.25, -0.2) is 19.0 Å². The molecule has 1 aliphatic carbocycles. The minimum absolute atomic E-state index is 0.0185. The van der Waals surface area contributed by atoms with Crippen LogP contribution in [0, 0.1) is 5.82 Å². The highest BCUT2D eigenvalue weighted by Gasteiger charge is 2.43. The Balaban J connectivity index is 1.62. The van der Waals surface area contributed by atoms with Crippen LogP contribution in [0.3, 0.4) is 0 Å². The number of carbonyl (C=O) groups excluding carboxylic acids is 2. The Hall–Kier alpha value is -5.01. The van der Waals surface area contributed by atoms with Crippen LogP contribution < -0.4 is 21.6 Å². The average Bonchev–Trinajstić information content (AvgIpc) is 3.75. The number of anilines is 2. The Kier molecular flexibility index (Phi) is 6.85. The number of fused-ring (bicyclic) bond motifs is 1. The van der Waals surface area contributed by atoms with Gasteiger partial charge in [0.05, 0.1) is 12.6 Å². The van der Waals surface area contributed by atoms with Crippen LogP contribution in [-0.2, 0) is 16.0 Å². The van der Waals surface area contributed by atoms with Crippen LogP contribution >= 0.6 is 0 Å². The molecule has 2 heterocycles. The van der Waals surface area contributed by atoms with Crippen molar-refractivity contribution in [2.45, 2.75) is 31.5 Å². The number of alkyl halides is 3. The summed E-state index contributed by atoms with van der Waals surface area (Å²) < 4.78 is 64.3. The molecule has 2 aromatic carbocycles. The molecule has 0 atom stereocenters. The number of nitrogens with two attached hydrogens (primary N) is 2. The molecule has 4 N–H and O–H groups in total. The Morgan fingerprint density at radius 2 is 1.85 bits per heavy atom. The van der Waals surface area contributed by atoms with E-state index >= 15 is 4.39 Å². The third-order valence-corrected chi connectivity index (χ3v) is 6.56. The average molecular weight is 571 g/mol. The van der Waals surface area contributed by atoms with Crippen molar-refractivity contribution in [3.8, 4) is 16.9 Å². The second-order valence-corrected chi connectivity index (χ2v) is 9.38. The highest BCUT2D eigenvalue weighted by molar-refractivity contribution is 6.00. The molecule has 1 aliphatic rings. The maximum atomic E-state index is 15.6. The van der Waals surface area contributed by atoms with E-state index < -0.39 is 34.9 Å². The van der Waals surface area contributed by atoms with Crippen LogP contribution in [0.5, 0.6) is 5.75 Å². The van der Waals surface area contributed by atoms with E-state index in [-0.39, 0.29) is 40.7 Å². The van der Waals surface area contributed by atoms with Crippen molar-refractivity contribution in [1.29, 1.82) is 0 Å². The van der Waals surface area contributed by atoms with Gasteiger partial charge in [-0.2, -0.15) is 18.2 Å². The molecule has 0 spiro atoms. The predicted molar refractivity (Wildman–Crippen MR) is 139 cm³/mol. The number of aromatic nitrogens is 3. The molecule has 1 saturated carbocycles. The molecule has 4 aromatic rings. The molecule has 0 aliphatic heterocycles. The van der Waals surface area contributed by atoms with E-state index in [1.807, 2.05) is 0 Å². The predicted octanol–water partition coefficient (Wildman–Crippen LogP) is 3.94. The number of benzene rings is 2. The van der Waals surface area contributed by atoms with Gasteiger partial charge in [-0.05, 0) is 42.7 Å². The second kappa shape index (κ2) is 10.2. The van der Waals surface area contributed by atoms with Gasteiger partial charge in [0, 0.05) is 46.9 Å².